The van der Waals surface area contributed by atoms with Crippen molar-refractivity contribution >= 4 is 23.7 Å². The summed E-state index contributed by atoms with van der Waals surface area (Å²) in [5.41, 5.74) is -1.24. The van der Waals surface area contributed by atoms with Crippen LogP contribution in [0.5, 0.6) is 0 Å². The smallest absolute Gasteiger partial charge is 0.327 e. The Morgan fingerprint density at radius 3 is 2.61 bits per heavy atom. The van der Waals surface area contributed by atoms with Gasteiger partial charge in [-0.25, -0.2) is 4.79 Å². The Bertz CT molecular complexity index is 452. The van der Waals surface area contributed by atoms with Crippen LogP contribution in [0, 0.1) is 5.41 Å². The predicted octanol–water partition coefficient (Wildman–Crippen LogP) is 0.824. The Hall–Kier alpha value is -2.38. The van der Waals surface area contributed by atoms with E-state index >= 15 is 0 Å². The normalized spacial score (nSPS) is 10.8. The van der Waals surface area contributed by atoms with E-state index in [4.69, 9.17) is 5.11 Å². The predicted molar refractivity (Wildman–Crippen MR) is 59.7 cm³/mol. The first-order chi connectivity index (χ1) is 8.31. The van der Waals surface area contributed by atoms with Crippen LogP contribution in [0.4, 0.5) is 10.6 Å². The molecule has 0 atom stereocenters. The van der Waals surface area contributed by atoms with E-state index in [0.29, 0.717) is 0 Å². The number of carboxylic acids is 1. The number of imide groups is 1. The van der Waals surface area contributed by atoms with Gasteiger partial charge in [-0.2, -0.15) is 0 Å². The maximum atomic E-state index is 11.4. The molecule has 1 heterocycles. The third-order valence-corrected chi connectivity index (χ3v) is 2.11. The van der Waals surface area contributed by atoms with Crippen LogP contribution >= 0.6 is 0 Å². The Morgan fingerprint density at radius 2 is 2.11 bits per heavy atom. The SMILES string of the molecule is CC(C)(CC(=O)NC(=O)Nc1ccon1)C(=O)O. The van der Waals surface area contributed by atoms with E-state index < -0.39 is 23.3 Å². The summed E-state index contributed by atoms with van der Waals surface area (Å²) in [5.74, 6) is -1.66. The second-order valence-electron chi connectivity index (χ2n) is 4.25. The minimum Gasteiger partial charge on any atom is -0.481 e. The molecule has 1 aromatic rings. The molecule has 0 saturated carbocycles. The van der Waals surface area contributed by atoms with Crippen molar-refractivity contribution < 1.29 is 24.0 Å². The molecule has 18 heavy (non-hydrogen) atoms. The van der Waals surface area contributed by atoms with Crippen LogP contribution < -0.4 is 10.6 Å². The molecule has 8 nitrogen and oxygen atoms in total. The minimum atomic E-state index is -1.24. The number of rotatable bonds is 4. The molecule has 1 rings (SSSR count). The summed E-state index contributed by atoms with van der Waals surface area (Å²) in [5, 5.41) is 16.5. The molecule has 0 aromatic carbocycles. The number of amides is 3. The van der Waals surface area contributed by atoms with Crippen molar-refractivity contribution in [3.8, 4) is 0 Å². The third-order valence-electron chi connectivity index (χ3n) is 2.11. The molecule has 8 heteroatoms. The molecule has 98 valence electrons. The number of urea groups is 1. The van der Waals surface area contributed by atoms with Gasteiger partial charge in [-0.1, -0.05) is 5.16 Å². The highest BCUT2D eigenvalue weighted by Gasteiger charge is 2.30. The molecule has 0 aliphatic rings. The quantitative estimate of drug-likeness (QED) is 0.732. The molecule has 0 spiro atoms. The number of carbonyl (C=O) groups excluding carboxylic acids is 2. The molecule has 1 aromatic heterocycles. The van der Waals surface area contributed by atoms with Crippen molar-refractivity contribution in [2.45, 2.75) is 20.3 Å². The number of anilines is 1. The van der Waals surface area contributed by atoms with Gasteiger partial charge >= 0.3 is 12.0 Å². The van der Waals surface area contributed by atoms with Crippen LogP contribution in [0.25, 0.3) is 0 Å². The first kappa shape index (κ1) is 13.7. The molecule has 0 aliphatic heterocycles. The Morgan fingerprint density at radius 1 is 1.44 bits per heavy atom. The number of hydrogen-bond donors (Lipinski definition) is 3. The monoisotopic (exact) mass is 255 g/mol. The second kappa shape index (κ2) is 5.30. The Balaban J connectivity index is 2.45. The van der Waals surface area contributed by atoms with Gasteiger partial charge in [-0.3, -0.25) is 20.2 Å². The zero-order chi connectivity index (χ0) is 13.8. The Labute approximate surface area is 102 Å². The summed E-state index contributed by atoms with van der Waals surface area (Å²) in [6.45, 7) is 2.79. The van der Waals surface area contributed by atoms with Crippen LogP contribution in [-0.4, -0.2) is 28.2 Å². The summed E-state index contributed by atoms with van der Waals surface area (Å²) < 4.78 is 4.48. The zero-order valence-corrected chi connectivity index (χ0v) is 9.89. The molecule has 0 aliphatic carbocycles. The van der Waals surface area contributed by atoms with E-state index in [-0.39, 0.29) is 12.2 Å². The fraction of sp³-hybridized carbons (Fsp3) is 0.400. The first-order valence-corrected chi connectivity index (χ1v) is 5.06. The molecule has 3 amide bonds. The van der Waals surface area contributed by atoms with Crippen molar-refractivity contribution in [3.63, 3.8) is 0 Å². The fourth-order valence-corrected chi connectivity index (χ4v) is 1.07. The van der Waals surface area contributed by atoms with Crippen LogP contribution in [0.2, 0.25) is 0 Å². The van der Waals surface area contributed by atoms with Gasteiger partial charge in [0.25, 0.3) is 0 Å². The summed E-state index contributed by atoms with van der Waals surface area (Å²) in [6.07, 6.45) is 0.944. The minimum absolute atomic E-state index is 0.151. The maximum absolute atomic E-state index is 11.4. The van der Waals surface area contributed by atoms with Gasteiger partial charge in [0, 0.05) is 12.5 Å². The van der Waals surface area contributed by atoms with Gasteiger partial charge < -0.3 is 9.63 Å². The lowest BCUT2D eigenvalue weighted by Crippen LogP contribution is -2.38. The van der Waals surface area contributed by atoms with Gasteiger partial charge in [0.1, 0.15) is 6.26 Å². The lowest BCUT2D eigenvalue weighted by atomic mass is 9.89. The molecule has 0 bridgehead atoms. The van der Waals surface area contributed by atoms with Crippen LogP contribution in [0.1, 0.15) is 20.3 Å². The number of hydrogen-bond acceptors (Lipinski definition) is 5. The first-order valence-electron chi connectivity index (χ1n) is 5.06. The van der Waals surface area contributed by atoms with Crippen molar-refractivity contribution in [1.29, 1.82) is 0 Å². The lowest BCUT2D eigenvalue weighted by Gasteiger charge is -2.17. The van der Waals surface area contributed by atoms with Crippen molar-refractivity contribution in [1.82, 2.24) is 10.5 Å². The average molecular weight is 255 g/mol. The summed E-state index contributed by atoms with van der Waals surface area (Å²) in [7, 11) is 0. The molecular formula is C10H13N3O5. The molecule has 0 saturated heterocycles. The lowest BCUT2D eigenvalue weighted by molar-refractivity contribution is -0.149. The third kappa shape index (κ3) is 3.89. The highest BCUT2D eigenvalue weighted by atomic mass is 16.5. The zero-order valence-electron chi connectivity index (χ0n) is 9.89. The number of nitrogens with zero attached hydrogens (tertiary/aromatic N) is 1. The van der Waals surface area contributed by atoms with Crippen LogP contribution in [0.3, 0.4) is 0 Å². The van der Waals surface area contributed by atoms with E-state index in [2.05, 4.69) is 15.0 Å². The summed E-state index contributed by atoms with van der Waals surface area (Å²) >= 11 is 0. The van der Waals surface area contributed by atoms with Gasteiger partial charge in [0.2, 0.25) is 5.91 Å². The maximum Gasteiger partial charge on any atom is 0.327 e. The number of carboxylic acid groups (broad SMARTS) is 1. The largest absolute Gasteiger partial charge is 0.481 e. The van der Waals surface area contributed by atoms with Gasteiger partial charge in [0.05, 0.1) is 5.41 Å². The average Bonchev–Trinajstić information content (AvgIpc) is 2.68. The molecule has 0 unspecified atom stereocenters. The standard InChI is InChI=1S/C10H13N3O5/c1-10(2,8(15)16)5-7(14)12-9(17)11-6-3-4-18-13-6/h3-4H,5H2,1-2H3,(H,15,16)(H2,11,12,13,14,17). The van der Waals surface area contributed by atoms with Crippen molar-refractivity contribution in [2.75, 3.05) is 5.32 Å². The highest BCUT2D eigenvalue weighted by Crippen LogP contribution is 2.19. The van der Waals surface area contributed by atoms with E-state index in [9.17, 15) is 14.4 Å². The van der Waals surface area contributed by atoms with Crippen LogP contribution in [-0.2, 0) is 9.59 Å². The number of aliphatic carboxylic acids is 1. The second-order valence-corrected chi connectivity index (χ2v) is 4.25. The molecular weight excluding hydrogens is 242 g/mol. The highest BCUT2D eigenvalue weighted by molar-refractivity contribution is 6.01. The molecule has 0 radical (unpaired) electrons. The number of carbonyl (C=O) groups is 3. The summed E-state index contributed by atoms with van der Waals surface area (Å²) in [4.78, 5) is 33.5. The fourth-order valence-electron chi connectivity index (χ4n) is 1.07. The van der Waals surface area contributed by atoms with Crippen LogP contribution in [0.15, 0.2) is 16.9 Å². The van der Waals surface area contributed by atoms with E-state index in [1.165, 1.54) is 26.2 Å². The van der Waals surface area contributed by atoms with Crippen molar-refractivity contribution in [3.05, 3.63) is 12.3 Å². The topological polar surface area (TPSA) is 122 Å². The van der Waals surface area contributed by atoms with E-state index in [1.807, 2.05) is 5.32 Å². The number of nitrogens with one attached hydrogen (secondary N) is 2. The van der Waals surface area contributed by atoms with Gasteiger partial charge in [0.15, 0.2) is 5.82 Å². The van der Waals surface area contributed by atoms with Crippen molar-refractivity contribution in [2.24, 2.45) is 5.41 Å². The molecule has 3 N–H and O–H groups in total. The molecule has 0 fully saturated rings. The Kier molecular flexibility index (Phi) is 4.03. The summed E-state index contributed by atoms with van der Waals surface area (Å²) in [6, 6.07) is 0.598. The van der Waals surface area contributed by atoms with Gasteiger partial charge in [-0.05, 0) is 13.8 Å². The number of aromatic nitrogens is 1. The van der Waals surface area contributed by atoms with Gasteiger partial charge in [-0.15, -0.1) is 0 Å². The van der Waals surface area contributed by atoms with E-state index in [0.717, 1.165) is 0 Å². The van der Waals surface area contributed by atoms with E-state index in [1.54, 1.807) is 0 Å².